The number of anilines is 2. The summed E-state index contributed by atoms with van der Waals surface area (Å²) in [4.78, 5) is 24.7. The van der Waals surface area contributed by atoms with E-state index in [9.17, 15) is 9.59 Å². The molecule has 1 amide bonds. The van der Waals surface area contributed by atoms with Gasteiger partial charge in [-0.05, 0) is 31.0 Å². The molecule has 1 aliphatic heterocycles. The molecule has 6 nitrogen and oxygen atoms in total. The van der Waals surface area contributed by atoms with Crippen LogP contribution in [-0.2, 0) is 14.3 Å². The molecule has 1 heterocycles. The predicted molar refractivity (Wildman–Crippen MR) is 79.9 cm³/mol. The SMILES string of the molecule is CN(C)c1ccc(NC(=O)C2CCC(C(=O)O)O2)cc1Cl. The molecular weight excluding hydrogens is 296 g/mol. The van der Waals surface area contributed by atoms with Gasteiger partial charge in [0.25, 0.3) is 5.91 Å². The Morgan fingerprint density at radius 2 is 2.00 bits per heavy atom. The van der Waals surface area contributed by atoms with E-state index in [1.165, 1.54) is 0 Å². The number of carboxylic acid groups (broad SMARTS) is 1. The van der Waals surface area contributed by atoms with Crippen LogP contribution in [0.1, 0.15) is 12.8 Å². The minimum Gasteiger partial charge on any atom is -0.479 e. The molecule has 1 saturated heterocycles. The number of benzene rings is 1. The Hall–Kier alpha value is -1.79. The van der Waals surface area contributed by atoms with Gasteiger partial charge >= 0.3 is 5.97 Å². The average Bonchev–Trinajstić information content (AvgIpc) is 2.88. The average molecular weight is 313 g/mol. The maximum Gasteiger partial charge on any atom is 0.332 e. The van der Waals surface area contributed by atoms with E-state index in [-0.39, 0.29) is 5.91 Å². The van der Waals surface area contributed by atoms with Crippen LogP contribution in [0.4, 0.5) is 11.4 Å². The smallest absolute Gasteiger partial charge is 0.332 e. The van der Waals surface area contributed by atoms with E-state index in [2.05, 4.69) is 5.32 Å². The quantitative estimate of drug-likeness (QED) is 0.888. The van der Waals surface area contributed by atoms with Gasteiger partial charge in [-0.1, -0.05) is 11.6 Å². The van der Waals surface area contributed by atoms with E-state index in [1.54, 1.807) is 18.2 Å². The Morgan fingerprint density at radius 1 is 1.33 bits per heavy atom. The second-order valence-corrected chi connectivity index (χ2v) is 5.49. The minimum atomic E-state index is -1.04. The largest absolute Gasteiger partial charge is 0.479 e. The Kier molecular flexibility index (Phi) is 4.69. The van der Waals surface area contributed by atoms with E-state index < -0.39 is 18.2 Å². The molecule has 2 unspecified atom stereocenters. The molecule has 1 aromatic carbocycles. The fourth-order valence-electron chi connectivity index (χ4n) is 2.18. The third kappa shape index (κ3) is 3.65. The number of amides is 1. The monoisotopic (exact) mass is 312 g/mol. The number of nitrogens with one attached hydrogen (secondary N) is 1. The van der Waals surface area contributed by atoms with E-state index in [4.69, 9.17) is 21.4 Å². The molecule has 0 spiro atoms. The van der Waals surface area contributed by atoms with Crippen LogP contribution in [0.5, 0.6) is 0 Å². The highest BCUT2D eigenvalue weighted by Gasteiger charge is 2.34. The molecule has 114 valence electrons. The Labute approximate surface area is 127 Å². The number of carbonyl (C=O) groups is 2. The van der Waals surface area contributed by atoms with Crippen molar-refractivity contribution < 1.29 is 19.4 Å². The number of nitrogens with zero attached hydrogens (tertiary/aromatic N) is 1. The molecule has 7 heteroatoms. The van der Waals surface area contributed by atoms with Crippen molar-refractivity contribution in [2.75, 3.05) is 24.3 Å². The summed E-state index contributed by atoms with van der Waals surface area (Å²) < 4.78 is 5.20. The molecular formula is C14H17ClN2O4. The van der Waals surface area contributed by atoms with Crippen LogP contribution < -0.4 is 10.2 Å². The minimum absolute atomic E-state index is 0.341. The van der Waals surface area contributed by atoms with Gasteiger partial charge in [0.2, 0.25) is 0 Å². The first-order valence-corrected chi connectivity index (χ1v) is 6.92. The van der Waals surface area contributed by atoms with Gasteiger partial charge in [0, 0.05) is 19.8 Å². The van der Waals surface area contributed by atoms with Crippen molar-refractivity contribution in [3.63, 3.8) is 0 Å². The molecule has 2 atom stereocenters. The number of hydrogen-bond donors (Lipinski definition) is 2. The Morgan fingerprint density at radius 3 is 2.52 bits per heavy atom. The van der Waals surface area contributed by atoms with Crippen molar-refractivity contribution in [2.24, 2.45) is 0 Å². The number of carboxylic acids is 1. The van der Waals surface area contributed by atoms with Gasteiger partial charge in [0.1, 0.15) is 6.10 Å². The lowest BCUT2D eigenvalue weighted by molar-refractivity contribution is -0.150. The molecule has 1 aliphatic rings. The van der Waals surface area contributed by atoms with Gasteiger partial charge in [-0.25, -0.2) is 4.79 Å². The molecule has 0 bridgehead atoms. The zero-order valence-corrected chi connectivity index (χ0v) is 12.6. The van der Waals surface area contributed by atoms with Crippen LogP contribution >= 0.6 is 11.6 Å². The topological polar surface area (TPSA) is 78.9 Å². The summed E-state index contributed by atoms with van der Waals surface area (Å²) in [5.74, 6) is -1.39. The summed E-state index contributed by atoms with van der Waals surface area (Å²) in [6.07, 6.45) is -0.904. The van der Waals surface area contributed by atoms with E-state index in [1.807, 2.05) is 19.0 Å². The first-order valence-electron chi connectivity index (χ1n) is 6.54. The van der Waals surface area contributed by atoms with Gasteiger partial charge in [-0.3, -0.25) is 4.79 Å². The number of carbonyl (C=O) groups excluding carboxylic acids is 1. The highest BCUT2D eigenvalue weighted by atomic mass is 35.5. The highest BCUT2D eigenvalue weighted by molar-refractivity contribution is 6.33. The van der Waals surface area contributed by atoms with Crippen LogP contribution in [0.25, 0.3) is 0 Å². The van der Waals surface area contributed by atoms with Crippen molar-refractivity contribution in [3.05, 3.63) is 23.2 Å². The van der Waals surface area contributed by atoms with Gasteiger partial charge < -0.3 is 20.1 Å². The van der Waals surface area contributed by atoms with Crippen LogP contribution in [0.2, 0.25) is 5.02 Å². The summed E-state index contributed by atoms with van der Waals surface area (Å²) in [7, 11) is 3.75. The lowest BCUT2D eigenvalue weighted by atomic mass is 10.2. The first-order chi connectivity index (χ1) is 9.88. The van der Waals surface area contributed by atoms with Crippen LogP contribution in [0.15, 0.2) is 18.2 Å². The second kappa shape index (κ2) is 6.32. The zero-order chi connectivity index (χ0) is 15.6. The number of aliphatic carboxylic acids is 1. The number of rotatable bonds is 4. The maximum absolute atomic E-state index is 12.0. The maximum atomic E-state index is 12.0. The molecule has 2 rings (SSSR count). The summed E-state index contributed by atoms with van der Waals surface area (Å²) in [6.45, 7) is 0. The van der Waals surface area contributed by atoms with Crippen molar-refractivity contribution in [1.29, 1.82) is 0 Å². The normalized spacial score (nSPS) is 21.1. The Balaban J connectivity index is 2.00. The zero-order valence-electron chi connectivity index (χ0n) is 11.8. The van der Waals surface area contributed by atoms with E-state index in [0.29, 0.717) is 23.6 Å². The van der Waals surface area contributed by atoms with Gasteiger partial charge in [0.05, 0.1) is 10.7 Å². The van der Waals surface area contributed by atoms with Crippen LogP contribution in [-0.4, -0.2) is 43.3 Å². The van der Waals surface area contributed by atoms with Crippen molar-refractivity contribution in [3.8, 4) is 0 Å². The lowest BCUT2D eigenvalue weighted by Gasteiger charge is -2.16. The van der Waals surface area contributed by atoms with E-state index >= 15 is 0 Å². The molecule has 0 aliphatic carbocycles. The van der Waals surface area contributed by atoms with Crippen LogP contribution in [0.3, 0.4) is 0 Å². The van der Waals surface area contributed by atoms with Crippen molar-refractivity contribution in [1.82, 2.24) is 0 Å². The first kappa shape index (κ1) is 15.6. The van der Waals surface area contributed by atoms with Gasteiger partial charge in [0.15, 0.2) is 6.10 Å². The molecule has 1 aromatic rings. The Bertz CT molecular complexity index is 562. The molecule has 0 aromatic heterocycles. The van der Waals surface area contributed by atoms with E-state index in [0.717, 1.165) is 5.69 Å². The number of hydrogen-bond acceptors (Lipinski definition) is 4. The van der Waals surface area contributed by atoms with Crippen molar-refractivity contribution >= 4 is 34.9 Å². The molecule has 0 radical (unpaired) electrons. The summed E-state index contributed by atoms with van der Waals surface area (Å²) in [5, 5.41) is 12.1. The molecule has 0 saturated carbocycles. The summed E-state index contributed by atoms with van der Waals surface area (Å²) >= 11 is 6.13. The fourth-order valence-corrected chi connectivity index (χ4v) is 2.53. The van der Waals surface area contributed by atoms with Gasteiger partial charge in [-0.15, -0.1) is 0 Å². The molecule has 21 heavy (non-hydrogen) atoms. The third-order valence-electron chi connectivity index (χ3n) is 3.28. The summed E-state index contributed by atoms with van der Waals surface area (Å²) in [5.41, 5.74) is 1.40. The molecule has 1 fully saturated rings. The molecule has 2 N–H and O–H groups in total. The predicted octanol–water partition coefficient (Wildman–Crippen LogP) is 1.98. The van der Waals surface area contributed by atoms with Crippen LogP contribution in [0, 0.1) is 0 Å². The van der Waals surface area contributed by atoms with Crippen molar-refractivity contribution in [2.45, 2.75) is 25.0 Å². The number of halogens is 1. The highest BCUT2D eigenvalue weighted by Crippen LogP contribution is 2.28. The third-order valence-corrected chi connectivity index (χ3v) is 3.59. The number of ether oxygens (including phenoxy) is 1. The van der Waals surface area contributed by atoms with Gasteiger partial charge in [-0.2, -0.15) is 0 Å². The second-order valence-electron chi connectivity index (χ2n) is 5.08. The standard InChI is InChI=1S/C14H17ClN2O4/c1-17(2)10-4-3-8(7-9(10)15)16-13(18)11-5-6-12(21-11)14(19)20/h3-4,7,11-12H,5-6H2,1-2H3,(H,16,18)(H,19,20). The fraction of sp³-hybridized carbons (Fsp3) is 0.429. The summed E-state index contributed by atoms with van der Waals surface area (Å²) in [6, 6.07) is 5.19. The lowest BCUT2D eigenvalue weighted by Crippen LogP contribution is -2.29.